The van der Waals surface area contributed by atoms with Crippen molar-refractivity contribution in [2.75, 3.05) is 33.5 Å². The maximum Gasteiger partial charge on any atom is 0.341 e. The third-order valence-electron chi connectivity index (χ3n) is 4.17. The van der Waals surface area contributed by atoms with E-state index in [0.717, 1.165) is 5.69 Å². The normalized spacial score (nSPS) is 14.0. The molecule has 2 aromatic rings. The average Bonchev–Trinajstić information content (AvgIpc) is 3.10. The Balaban J connectivity index is 1.92. The molecule has 0 bridgehead atoms. The number of nitrogens with zero attached hydrogens (tertiary/aromatic N) is 2. The minimum atomic E-state index is -0.391. The van der Waals surface area contributed by atoms with Crippen molar-refractivity contribution < 1.29 is 23.7 Å². The SMILES string of the molecule is CCOC(=O)c1cnn(-c2ccc3c(c2)OCCO3)c1CN[C@@H](C)COC. The first-order valence-electron chi connectivity index (χ1n) is 9.00. The van der Waals surface area contributed by atoms with Crippen LogP contribution in [0.4, 0.5) is 0 Å². The lowest BCUT2D eigenvalue weighted by molar-refractivity contribution is 0.0524. The molecule has 1 aliphatic rings. The summed E-state index contributed by atoms with van der Waals surface area (Å²) in [5.41, 5.74) is 1.93. The first-order valence-corrected chi connectivity index (χ1v) is 9.00. The second-order valence-electron chi connectivity index (χ2n) is 6.20. The zero-order chi connectivity index (χ0) is 19.2. The van der Waals surface area contributed by atoms with Gasteiger partial charge in [-0.15, -0.1) is 0 Å². The highest BCUT2D eigenvalue weighted by Gasteiger charge is 2.21. The molecule has 1 aromatic heterocycles. The molecule has 8 nitrogen and oxygen atoms in total. The standard InChI is InChI=1S/C19H25N3O5/c1-4-25-19(23)15-10-21-22(16(15)11-20-13(2)12-24-3)14-5-6-17-18(9-14)27-8-7-26-17/h5-6,9-10,13,20H,4,7-8,11-12H2,1-3H3/t13-/m0/s1. The van der Waals surface area contributed by atoms with E-state index in [4.69, 9.17) is 18.9 Å². The third kappa shape index (κ3) is 4.40. The summed E-state index contributed by atoms with van der Waals surface area (Å²) >= 11 is 0. The number of benzene rings is 1. The molecule has 0 unspecified atom stereocenters. The summed E-state index contributed by atoms with van der Waals surface area (Å²) in [6.07, 6.45) is 1.53. The molecule has 1 N–H and O–H groups in total. The Morgan fingerprint density at radius 2 is 2.11 bits per heavy atom. The second kappa shape index (κ2) is 8.88. The summed E-state index contributed by atoms with van der Waals surface area (Å²) in [4.78, 5) is 12.3. The lowest BCUT2D eigenvalue weighted by Crippen LogP contribution is -2.31. The lowest BCUT2D eigenvalue weighted by atomic mass is 10.2. The van der Waals surface area contributed by atoms with Crippen LogP contribution in [-0.4, -0.2) is 55.3 Å². The molecular formula is C19H25N3O5. The number of hydrogen-bond acceptors (Lipinski definition) is 7. The Kier molecular flexibility index (Phi) is 6.31. The summed E-state index contributed by atoms with van der Waals surface area (Å²) in [7, 11) is 1.65. The quantitative estimate of drug-likeness (QED) is 0.706. The van der Waals surface area contributed by atoms with E-state index in [1.165, 1.54) is 6.20 Å². The van der Waals surface area contributed by atoms with Crippen molar-refractivity contribution in [3.05, 3.63) is 35.7 Å². The monoisotopic (exact) mass is 375 g/mol. The molecule has 1 atom stereocenters. The van der Waals surface area contributed by atoms with Crippen LogP contribution in [-0.2, 0) is 16.0 Å². The van der Waals surface area contributed by atoms with Gasteiger partial charge in [0.15, 0.2) is 11.5 Å². The first kappa shape index (κ1) is 19.2. The van der Waals surface area contributed by atoms with Gasteiger partial charge in [-0.25, -0.2) is 9.48 Å². The van der Waals surface area contributed by atoms with Crippen molar-refractivity contribution in [1.82, 2.24) is 15.1 Å². The molecule has 0 spiro atoms. The molecule has 1 aliphatic heterocycles. The number of rotatable bonds is 8. The Labute approximate surface area is 158 Å². The molecule has 0 amide bonds. The Morgan fingerprint density at radius 1 is 1.33 bits per heavy atom. The maximum atomic E-state index is 12.3. The summed E-state index contributed by atoms with van der Waals surface area (Å²) in [6, 6.07) is 5.71. The smallest absolute Gasteiger partial charge is 0.341 e. The maximum absolute atomic E-state index is 12.3. The summed E-state index contributed by atoms with van der Waals surface area (Å²) in [5, 5.41) is 7.76. The molecule has 0 saturated heterocycles. The highest BCUT2D eigenvalue weighted by Crippen LogP contribution is 2.32. The van der Waals surface area contributed by atoms with Crippen LogP contribution in [0.2, 0.25) is 0 Å². The molecular weight excluding hydrogens is 350 g/mol. The lowest BCUT2D eigenvalue weighted by Gasteiger charge is -2.19. The Morgan fingerprint density at radius 3 is 2.85 bits per heavy atom. The fourth-order valence-corrected chi connectivity index (χ4v) is 2.89. The van der Waals surface area contributed by atoms with Crippen LogP contribution < -0.4 is 14.8 Å². The molecule has 1 aromatic carbocycles. The number of hydrogen-bond donors (Lipinski definition) is 1. The fraction of sp³-hybridized carbons (Fsp3) is 0.474. The molecule has 0 aliphatic carbocycles. The molecule has 2 heterocycles. The molecule has 0 radical (unpaired) electrons. The van der Waals surface area contributed by atoms with Crippen LogP contribution in [0.5, 0.6) is 11.5 Å². The number of nitrogens with one attached hydrogen (secondary N) is 1. The molecule has 146 valence electrons. The van der Waals surface area contributed by atoms with Crippen molar-refractivity contribution in [2.45, 2.75) is 26.4 Å². The van der Waals surface area contributed by atoms with Gasteiger partial charge in [0, 0.05) is 25.8 Å². The number of esters is 1. The van der Waals surface area contributed by atoms with Crippen LogP contribution >= 0.6 is 0 Å². The minimum Gasteiger partial charge on any atom is -0.486 e. The van der Waals surface area contributed by atoms with Crippen LogP contribution in [0, 0.1) is 0 Å². The van der Waals surface area contributed by atoms with Gasteiger partial charge in [0.25, 0.3) is 0 Å². The van der Waals surface area contributed by atoms with E-state index < -0.39 is 5.97 Å². The highest BCUT2D eigenvalue weighted by molar-refractivity contribution is 5.90. The van der Waals surface area contributed by atoms with Gasteiger partial charge in [-0.2, -0.15) is 5.10 Å². The van der Waals surface area contributed by atoms with Crippen molar-refractivity contribution in [3.63, 3.8) is 0 Å². The predicted molar refractivity (Wildman–Crippen MR) is 98.7 cm³/mol. The van der Waals surface area contributed by atoms with Gasteiger partial charge >= 0.3 is 5.97 Å². The summed E-state index contributed by atoms with van der Waals surface area (Å²) in [6.45, 7) is 6.14. The second-order valence-corrected chi connectivity index (χ2v) is 6.20. The van der Waals surface area contributed by atoms with Crippen LogP contribution in [0.3, 0.4) is 0 Å². The number of carbonyl (C=O) groups excluding carboxylic acids is 1. The van der Waals surface area contributed by atoms with Crippen molar-refractivity contribution in [3.8, 4) is 17.2 Å². The highest BCUT2D eigenvalue weighted by atomic mass is 16.6. The molecule has 27 heavy (non-hydrogen) atoms. The average molecular weight is 375 g/mol. The molecule has 3 rings (SSSR count). The van der Waals surface area contributed by atoms with E-state index in [1.807, 2.05) is 25.1 Å². The number of aromatic nitrogens is 2. The summed E-state index contributed by atoms with van der Waals surface area (Å²) < 4.78 is 23.3. The van der Waals surface area contributed by atoms with E-state index in [-0.39, 0.29) is 6.04 Å². The minimum absolute atomic E-state index is 0.119. The van der Waals surface area contributed by atoms with Crippen molar-refractivity contribution in [2.24, 2.45) is 0 Å². The van der Waals surface area contributed by atoms with Crippen LogP contribution in [0.15, 0.2) is 24.4 Å². The zero-order valence-electron chi connectivity index (χ0n) is 15.9. The van der Waals surface area contributed by atoms with E-state index in [9.17, 15) is 4.79 Å². The van der Waals surface area contributed by atoms with E-state index in [1.54, 1.807) is 18.7 Å². The number of carbonyl (C=O) groups is 1. The van der Waals surface area contributed by atoms with Gasteiger partial charge in [0.05, 0.1) is 30.8 Å². The Bertz CT molecular complexity index is 790. The van der Waals surface area contributed by atoms with E-state index >= 15 is 0 Å². The van der Waals surface area contributed by atoms with Gasteiger partial charge in [0.2, 0.25) is 0 Å². The third-order valence-corrected chi connectivity index (χ3v) is 4.17. The van der Waals surface area contributed by atoms with Gasteiger partial charge in [-0.3, -0.25) is 0 Å². The topological polar surface area (TPSA) is 83.8 Å². The number of methoxy groups -OCH3 is 1. The fourth-order valence-electron chi connectivity index (χ4n) is 2.89. The number of fused-ring (bicyclic) bond motifs is 1. The van der Waals surface area contributed by atoms with Gasteiger partial charge in [-0.05, 0) is 26.0 Å². The van der Waals surface area contributed by atoms with Gasteiger partial charge in [-0.1, -0.05) is 0 Å². The predicted octanol–water partition coefficient (Wildman–Crippen LogP) is 1.94. The van der Waals surface area contributed by atoms with E-state index in [0.29, 0.717) is 55.7 Å². The van der Waals surface area contributed by atoms with Crippen molar-refractivity contribution >= 4 is 5.97 Å². The van der Waals surface area contributed by atoms with Crippen molar-refractivity contribution in [1.29, 1.82) is 0 Å². The van der Waals surface area contributed by atoms with Gasteiger partial charge in [0.1, 0.15) is 18.8 Å². The van der Waals surface area contributed by atoms with E-state index in [2.05, 4.69) is 10.4 Å². The molecule has 0 fully saturated rings. The van der Waals surface area contributed by atoms with Crippen LogP contribution in [0.1, 0.15) is 29.9 Å². The Hall–Kier alpha value is -2.58. The first-order chi connectivity index (χ1) is 13.1. The molecule has 8 heteroatoms. The number of ether oxygens (including phenoxy) is 4. The largest absolute Gasteiger partial charge is 0.486 e. The zero-order valence-corrected chi connectivity index (χ0v) is 15.9. The van der Waals surface area contributed by atoms with Crippen LogP contribution in [0.25, 0.3) is 5.69 Å². The molecule has 0 saturated carbocycles. The summed E-state index contributed by atoms with van der Waals surface area (Å²) in [5.74, 6) is 0.979. The van der Waals surface area contributed by atoms with Gasteiger partial charge < -0.3 is 24.3 Å².